The second kappa shape index (κ2) is 6.17. The molecule has 2 heterocycles. The second-order valence-corrected chi connectivity index (χ2v) is 5.07. The van der Waals surface area contributed by atoms with Crippen molar-refractivity contribution in [2.24, 2.45) is 5.92 Å². The molecular formula is C13H22N2O2. The predicted molar refractivity (Wildman–Crippen MR) is 65.8 cm³/mol. The first kappa shape index (κ1) is 12.6. The van der Waals surface area contributed by atoms with Crippen molar-refractivity contribution >= 4 is 0 Å². The minimum absolute atomic E-state index is 0.488. The van der Waals surface area contributed by atoms with Gasteiger partial charge < -0.3 is 14.5 Å². The third-order valence-electron chi connectivity index (χ3n) is 3.11. The first-order chi connectivity index (χ1) is 8.27. The van der Waals surface area contributed by atoms with Crippen LogP contribution in [-0.2, 0) is 11.3 Å². The minimum atomic E-state index is 0.488. The highest BCUT2D eigenvalue weighted by atomic mass is 16.5. The van der Waals surface area contributed by atoms with E-state index in [9.17, 15) is 0 Å². The molecule has 0 saturated carbocycles. The number of ether oxygens (including phenoxy) is 1. The van der Waals surface area contributed by atoms with E-state index >= 15 is 0 Å². The standard InChI is InChI=1S/C13H22N2O2/c1-10(2)7-14-8-12-13(17-9-15-12)11-3-5-16-6-4-11/h9-11,14H,3-8H2,1-2H3. The van der Waals surface area contributed by atoms with Crippen LogP contribution < -0.4 is 5.32 Å². The summed E-state index contributed by atoms with van der Waals surface area (Å²) in [5.74, 6) is 2.21. The third-order valence-corrected chi connectivity index (χ3v) is 3.11. The zero-order valence-electron chi connectivity index (χ0n) is 10.7. The Balaban J connectivity index is 1.91. The summed E-state index contributed by atoms with van der Waals surface area (Å²) in [6.07, 6.45) is 3.66. The van der Waals surface area contributed by atoms with Crippen molar-refractivity contribution in [2.45, 2.75) is 39.2 Å². The van der Waals surface area contributed by atoms with Gasteiger partial charge in [0.05, 0.1) is 5.69 Å². The molecule has 1 fully saturated rings. The monoisotopic (exact) mass is 238 g/mol. The summed E-state index contributed by atoms with van der Waals surface area (Å²) in [5, 5.41) is 3.41. The second-order valence-electron chi connectivity index (χ2n) is 5.07. The van der Waals surface area contributed by atoms with E-state index in [1.165, 1.54) is 0 Å². The molecule has 1 saturated heterocycles. The number of hydrogen-bond acceptors (Lipinski definition) is 4. The van der Waals surface area contributed by atoms with Crippen molar-refractivity contribution < 1.29 is 9.15 Å². The van der Waals surface area contributed by atoms with Crippen molar-refractivity contribution in [3.8, 4) is 0 Å². The largest absolute Gasteiger partial charge is 0.448 e. The van der Waals surface area contributed by atoms with E-state index in [0.717, 1.165) is 50.6 Å². The third kappa shape index (κ3) is 3.54. The van der Waals surface area contributed by atoms with Crippen LogP contribution in [0.2, 0.25) is 0 Å². The summed E-state index contributed by atoms with van der Waals surface area (Å²) in [5.41, 5.74) is 1.07. The molecule has 17 heavy (non-hydrogen) atoms. The lowest BCUT2D eigenvalue weighted by Crippen LogP contribution is -2.21. The molecule has 1 aliphatic rings. The van der Waals surface area contributed by atoms with Gasteiger partial charge >= 0.3 is 0 Å². The number of nitrogens with zero attached hydrogens (tertiary/aromatic N) is 1. The van der Waals surface area contributed by atoms with Crippen molar-refractivity contribution in [1.29, 1.82) is 0 Å². The van der Waals surface area contributed by atoms with Gasteiger partial charge in [0.25, 0.3) is 0 Å². The van der Waals surface area contributed by atoms with Crippen LogP contribution in [0.3, 0.4) is 0 Å². The van der Waals surface area contributed by atoms with Crippen LogP contribution in [0.15, 0.2) is 10.8 Å². The predicted octanol–water partition coefficient (Wildman–Crippen LogP) is 2.31. The lowest BCUT2D eigenvalue weighted by atomic mass is 9.96. The van der Waals surface area contributed by atoms with Gasteiger partial charge in [-0.1, -0.05) is 13.8 Å². The summed E-state index contributed by atoms with van der Waals surface area (Å²) in [6.45, 7) is 7.90. The van der Waals surface area contributed by atoms with Crippen LogP contribution in [0.4, 0.5) is 0 Å². The molecule has 0 unspecified atom stereocenters. The molecule has 1 aromatic rings. The number of hydrogen-bond donors (Lipinski definition) is 1. The zero-order chi connectivity index (χ0) is 12.1. The van der Waals surface area contributed by atoms with Gasteiger partial charge in [-0.05, 0) is 25.3 Å². The lowest BCUT2D eigenvalue weighted by molar-refractivity contribution is 0.0804. The smallest absolute Gasteiger partial charge is 0.181 e. The topological polar surface area (TPSA) is 47.3 Å². The summed E-state index contributed by atoms with van der Waals surface area (Å²) in [6, 6.07) is 0. The molecule has 1 N–H and O–H groups in total. The van der Waals surface area contributed by atoms with Crippen molar-refractivity contribution in [2.75, 3.05) is 19.8 Å². The molecule has 0 amide bonds. The van der Waals surface area contributed by atoms with E-state index in [0.29, 0.717) is 11.8 Å². The van der Waals surface area contributed by atoms with Crippen molar-refractivity contribution in [3.05, 3.63) is 17.8 Å². The summed E-state index contributed by atoms with van der Waals surface area (Å²) in [4.78, 5) is 4.32. The molecule has 1 aromatic heterocycles. The molecule has 0 aliphatic carbocycles. The summed E-state index contributed by atoms with van der Waals surface area (Å²) < 4.78 is 10.9. The summed E-state index contributed by atoms with van der Waals surface area (Å²) in [7, 11) is 0. The number of oxazole rings is 1. The molecule has 0 aromatic carbocycles. The molecule has 0 atom stereocenters. The Bertz CT molecular complexity index is 330. The normalized spacial score (nSPS) is 17.8. The Morgan fingerprint density at radius 2 is 2.18 bits per heavy atom. The van der Waals surface area contributed by atoms with E-state index in [-0.39, 0.29) is 0 Å². The van der Waals surface area contributed by atoms with Gasteiger partial charge in [0.15, 0.2) is 6.39 Å². The Kier molecular flexibility index (Phi) is 4.57. The quantitative estimate of drug-likeness (QED) is 0.855. The molecule has 0 radical (unpaired) electrons. The van der Waals surface area contributed by atoms with Gasteiger partial charge in [-0.3, -0.25) is 0 Å². The van der Waals surface area contributed by atoms with Crippen LogP contribution >= 0.6 is 0 Å². The van der Waals surface area contributed by atoms with Gasteiger partial charge in [-0.2, -0.15) is 0 Å². The fourth-order valence-electron chi connectivity index (χ4n) is 2.18. The molecule has 1 aliphatic heterocycles. The highest BCUT2D eigenvalue weighted by Crippen LogP contribution is 2.28. The van der Waals surface area contributed by atoms with Gasteiger partial charge in [-0.25, -0.2) is 4.98 Å². The molecule has 96 valence electrons. The van der Waals surface area contributed by atoms with Crippen molar-refractivity contribution in [1.82, 2.24) is 10.3 Å². The van der Waals surface area contributed by atoms with E-state index < -0.39 is 0 Å². The fourth-order valence-corrected chi connectivity index (χ4v) is 2.18. The molecule has 0 bridgehead atoms. The van der Waals surface area contributed by atoms with E-state index in [4.69, 9.17) is 9.15 Å². The van der Waals surface area contributed by atoms with E-state index in [1.54, 1.807) is 6.39 Å². The lowest BCUT2D eigenvalue weighted by Gasteiger charge is -2.20. The number of rotatable bonds is 5. The molecular weight excluding hydrogens is 216 g/mol. The van der Waals surface area contributed by atoms with Crippen LogP contribution in [0.5, 0.6) is 0 Å². The zero-order valence-corrected chi connectivity index (χ0v) is 10.7. The fraction of sp³-hybridized carbons (Fsp3) is 0.769. The Labute approximate surface area is 103 Å². The average molecular weight is 238 g/mol. The van der Waals surface area contributed by atoms with Gasteiger partial charge in [0.1, 0.15) is 5.76 Å². The molecule has 0 spiro atoms. The first-order valence-electron chi connectivity index (χ1n) is 6.48. The van der Waals surface area contributed by atoms with Crippen LogP contribution in [0, 0.1) is 5.92 Å². The highest BCUT2D eigenvalue weighted by molar-refractivity contribution is 5.13. The SMILES string of the molecule is CC(C)CNCc1ncoc1C1CCOCC1. The van der Waals surface area contributed by atoms with Crippen molar-refractivity contribution in [3.63, 3.8) is 0 Å². The highest BCUT2D eigenvalue weighted by Gasteiger charge is 2.22. The van der Waals surface area contributed by atoms with E-state index in [2.05, 4.69) is 24.1 Å². The van der Waals surface area contributed by atoms with Gasteiger partial charge in [0, 0.05) is 25.7 Å². The van der Waals surface area contributed by atoms with Crippen LogP contribution in [0.1, 0.15) is 44.1 Å². The molecule has 4 nitrogen and oxygen atoms in total. The van der Waals surface area contributed by atoms with Crippen LogP contribution in [-0.4, -0.2) is 24.7 Å². The Morgan fingerprint density at radius 1 is 1.41 bits per heavy atom. The average Bonchev–Trinajstić information content (AvgIpc) is 2.78. The Hall–Kier alpha value is -0.870. The summed E-state index contributed by atoms with van der Waals surface area (Å²) >= 11 is 0. The maximum atomic E-state index is 5.55. The molecule has 2 rings (SSSR count). The first-order valence-corrected chi connectivity index (χ1v) is 6.48. The maximum Gasteiger partial charge on any atom is 0.181 e. The maximum absolute atomic E-state index is 5.55. The van der Waals surface area contributed by atoms with Crippen LogP contribution in [0.25, 0.3) is 0 Å². The Morgan fingerprint density at radius 3 is 2.88 bits per heavy atom. The molecule has 4 heteroatoms. The minimum Gasteiger partial charge on any atom is -0.448 e. The van der Waals surface area contributed by atoms with E-state index in [1.807, 2.05) is 0 Å². The number of aromatic nitrogens is 1. The number of nitrogens with one attached hydrogen (secondary N) is 1. The van der Waals surface area contributed by atoms with Gasteiger partial charge in [0.2, 0.25) is 0 Å². The van der Waals surface area contributed by atoms with Gasteiger partial charge in [-0.15, -0.1) is 0 Å².